The van der Waals surface area contributed by atoms with E-state index in [0.29, 0.717) is 0 Å². The van der Waals surface area contributed by atoms with E-state index in [2.05, 4.69) is 15.5 Å². The minimum atomic E-state index is -1.21. The van der Waals surface area contributed by atoms with Crippen molar-refractivity contribution in [2.75, 3.05) is 0 Å². The van der Waals surface area contributed by atoms with Crippen LogP contribution in [-0.4, -0.2) is 20.9 Å². The van der Waals surface area contributed by atoms with Crippen molar-refractivity contribution in [1.29, 1.82) is 0 Å². The van der Waals surface area contributed by atoms with Crippen LogP contribution in [0.25, 0.3) is 0 Å². The van der Waals surface area contributed by atoms with Crippen LogP contribution in [0.3, 0.4) is 0 Å². The molecule has 3 nitrogen and oxygen atoms in total. The minimum Gasteiger partial charge on any atom is -0.251 e. The highest BCUT2D eigenvalue weighted by atomic mass is 32.2. The SMILES string of the molecule is CC(C)(C)S(=O)N=CC1=Nc2ccccc2C1. The molecule has 1 aromatic carbocycles. The van der Waals surface area contributed by atoms with Gasteiger partial charge in [-0.3, -0.25) is 4.99 Å². The maximum absolute atomic E-state index is 11.8. The molecule has 0 spiro atoms. The lowest BCUT2D eigenvalue weighted by atomic mass is 10.1. The summed E-state index contributed by atoms with van der Waals surface area (Å²) in [6.07, 6.45) is 2.42. The minimum absolute atomic E-state index is 0.317. The van der Waals surface area contributed by atoms with E-state index in [-0.39, 0.29) is 4.75 Å². The summed E-state index contributed by atoms with van der Waals surface area (Å²) < 4.78 is 15.5. The first kappa shape index (κ1) is 12.2. The predicted octanol–water partition coefficient (Wildman–Crippen LogP) is 2.85. The zero-order valence-corrected chi connectivity index (χ0v) is 11.1. The number of nitrogens with zero attached hydrogens (tertiary/aromatic N) is 2. The number of hydrogen-bond donors (Lipinski definition) is 0. The van der Waals surface area contributed by atoms with E-state index in [9.17, 15) is 4.21 Å². The number of benzene rings is 1. The molecule has 0 fully saturated rings. The molecule has 0 aliphatic carbocycles. The van der Waals surface area contributed by atoms with Gasteiger partial charge in [0.25, 0.3) is 0 Å². The summed E-state index contributed by atoms with van der Waals surface area (Å²) in [5, 5.41) is 0. The van der Waals surface area contributed by atoms with Crippen LogP contribution < -0.4 is 0 Å². The van der Waals surface area contributed by atoms with Gasteiger partial charge in [0, 0.05) is 6.42 Å². The summed E-state index contributed by atoms with van der Waals surface area (Å²) in [4.78, 5) is 4.44. The molecule has 17 heavy (non-hydrogen) atoms. The molecule has 90 valence electrons. The van der Waals surface area contributed by atoms with Gasteiger partial charge in [-0.05, 0) is 32.4 Å². The fourth-order valence-electron chi connectivity index (χ4n) is 1.50. The molecule has 2 rings (SSSR count). The van der Waals surface area contributed by atoms with Gasteiger partial charge in [-0.1, -0.05) is 18.2 Å². The molecule has 0 radical (unpaired) electrons. The van der Waals surface area contributed by atoms with Crippen molar-refractivity contribution in [1.82, 2.24) is 0 Å². The maximum Gasteiger partial charge on any atom is 0.144 e. The first-order valence-electron chi connectivity index (χ1n) is 5.58. The maximum atomic E-state index is 11.8. The summed E-state index contributed by atoms with van der Waals surface area (Å²) in [6.45, 7) is 5.73. The Labute approximate surface area is 104 Å². The third-order valence-corrected chi connectivity index (χ3v) is 3.79. The van der Waals surface area contributed by atoms with Crippen LogP contribution in [0, 0.1) is 0 Å². The Morgan fingerprint density at radius 1 is 1.35 bits per heavy atom. The van der Waals surface area contributed by atoms with Crippen molar-refractivity contribution in [3.05, 3.63) is 29.8 Å². The van der Waals surface area contributed by atoms with Crippen molar-refractivity contribution < 1.29 is 4.21 Å². The smallest absolute Gasteiger partial charge is 0.144 e. The highest BCUT2D eigenvalue weighted by molar-refractivity contribution is 7.85. The Bertz CT molecular complexity index is 512. The molecule has 0 amide bonds. The van der Waals surface area contributed by atoms with E-state index >= 15 is 0 Å². The third kappa shape index (κ3) is 2.88. The van der Waals surface area contributed by atoms with Gasteiger partial charge >= 0.3 is 0 Å². The van der Waals surface area contributed by atoms with Crippen LogP contribution >= 0.6 is 0 Å². The Hall–Kier alpha value is -1.29. The van der Waals surface area contributed by atoms with Crippen LogP contribution in [0.2, 0.25) is 0 Å². The summed E-state index contributed by atoms with van der Waals surface area (Å²) in [7, 11) is -1.21. The van der Waals surface area contributed by atoms with Gasteiger partial charge in [0.1, 0.15) is 11.0 Å². The van der Waals surface area contributed by atoms with E-state index in [1.807, 2.05) is 39.0 Å². The summed E-state index contributed by atoms with van der Waals surface area (Å²) in [5.74, 6) is 0. The predicted molar refractivity (Wildman–Crippen MR) is 73.6 cm³/mol. The van der Waals surface area contributed by atoms with Gasteiger partial charge < -0.3 is 0 Å². The number of hydrogen-bond acceptors (Lipinski definition) is 2. The van der Waals surface area contributed by atoms with E-state index in [1.54, 1.807) is 6.21 Å². The van der Waals surface area contributed by atoms with E-state index < -0.39 is 11.0 Å². The topological polar surface area (TPSA) is 41.8 Å². The average Bonchev–Trinajstić information content (AvgIpc) is 2.66. The molecule has 4 heteroatoms. The second-order valence-corrected chi connectivity index (χ2v) is 6.94. The normalized spacial score (nSPS) is 17.0. The average molecular weight is 248 g/mol. The van der Waals surface area contributed by atoms with Crippen LogP contribution in [0.4, 0.5) is 5.69 Å². The molecule has 1 aromatic rings. The summed E-state index contributed by atoms with van der Waals surface area (Å²) in [6, 6.07) is 8.01. The van der Waals surface area contributed by atoms with Gasteiger partial charge in [-0.2, -0.15) is 4.40 Å². The first-order chi connectivity index (χ1) is 7.97. The molecule has 0 bridgehead atoms. The fourth-order valence-corrected chi connectivity index (χ4v) is 2.03. The molecule has 0 saturated carbocycles. The van der Waals surface area contributed by atoms with Gasteiger partial charge in [0.2, 0.25) is 0 Å². The monoisotopic (exact) mass is 248 g/mol. The van der Waals surface area contributed by atoms with Crippen LogP contribution in [0.5, 0.6) is 0 Å². The lowest BCUT2D eigenvalue weighted by molar-refractivity contribution is 0.651. The number of para-hydroxylation sites is 1. The highest BCUT2D eigenvalue weighted by Crippen LogP contribution is 2.25. The lowest BCUT2D eigenvalue weighted by Crippen LogP contribution is -2.20. The lowest BCUT2D eigenvalue weighted by Gasteiger charge is -2.12. The second kappa shape index (κ2) is 4.53. The van der Waals surface area contributed by atoms with Crippen molar-refractivity contribution in [2.24, 2.45) is 9.39 Å². The molecule has 1 atom stereocenters. The van der Waals surface area contributed by atoms with Gasteiger partial charge in [0.15, 0.2) is 0 Å². The van der Waals surface area contributed by atoms with Crippen molar-refractivity contribution in [2.45, 2.75) is 31.9 Å². The Morgan fingerprint density at radius 2 is 2.06 bits per heavy atom. The molecular weight excluding hydrogens is 232 g/mol. The molecule has 1 aliphatic rings. The van der Waals surface area contributed by atoms with Gasteiger partial charge in [-0.25, -0.2) is 4.21 Å². The summed E-state index contributed by atoms with van der Waals surface area (Å²) >= 11 is 0. The van der Waals surface area contributed by atoms with E-state index in [1.165, 1.54) is 5.56 Å². The molecule has 1 aliphatic heterocycles. The van der Waals surface area contributed by atoms with Crippen LogP contribution in [0.1, 0.15) is 26.3 Å². The quantitative estimate of drug-likeness (QED) is 0.742. The highest BCUT2D eigenvalue weighted by Gasteiger charge is 2.19. The second-order valence-electron chi connectivity index (χ2n) is 5.00. The van der Waals surface area contributed by atoms with Crippen molar-refractivity contribution >= 4 is 28.6 Å². The Morgan fingerprint density at radius 3 is 2.71 bits per heavy atom. The molecule has 0 saturated heterocycles. The Kier molecular flexibility index (Phi) is 3.24. The van der Waals surface area contributed by atoms with E-state index in [0.717, 1.165) is 17.8 Å². The van der Waals surface area contributed by atoms with Crippen LogP contribution in [0.15, 0.2) is 33.7 Å². The summed E-state index contributed by atoms with van der Waals surface area (Å²) in [5.41, 5.74) is 3.08. The zero-order valence-electron chi connectivity index (χ0n) is 10.3. The van der Waals surface area contributed by atoms with Gasteiger partial charge in [-0.15, -0.1) is 0 Å². The number of aliphatic imine (C=N–C) groups is 1. The molecule has 1 heterocycles. The largest absolute Gasteiger partial charge is 0.251 e. The van der Waals surface area contributed by atoms with E-state index in [4.69, 9.17) is 0 Å². The Balaban J connectivity index is 2.10. The van der Waals surface area contributed by atoms with Gasteiger partial charge in [0.05, 0.1) is 22.4 Å². The zero-order chi connectivity index (χ0) is 12.5. The number of rotatable bonds is 2. The van der Waals surface area contributed by atoms with Crippen molar-refractivity contribution in [3.63, 3.8) is 0 Å². The third-order valence-electron chi connectivity index (χ3n) is 2.45. The van der Waals surface area contributed by atoms with Crippen LogP contribution in [-0.2, 0) is 17.4 Å². The molecule has 0 aromatic heterocycles. The molecule has 0 N–H and O–H groups in total. The van der Waals surface area contributed by atoms with Crippen molar-refractivity contribution in [3.8, 4) is 0 Å². The molecule has 1 unspecified atom stereocenters. The fraction of sp³-hybridized carbons (Fsp3) is 0.385. The number of fused-ring (bicyclic) bond motifs is 1. The molecular formula is C13H16N2OS. The standard InChI is InChI=1S/C13H16N2OS/c1-13(2,3)17(16)14-9-11-8-10-6-4-5-7-12(10)15-11/h4-7,9H,8H2,1-3H3. The first-order valence-corrected chi connectivity index (χ1v) is 6.69.